The van der Waals surface area contributed by atoms with E-state index in [4.69, 9.17) is 37.7 Å². The Morgan fingerprint density at radius 2 is 1.76 bits per heavy atom. The summed E-state index contributed by atoms with van der Waals surface area (Å²) < 4.78 is 15.8. The molecule has 3 heterocycles. The average Bonchev–Trinajstić information content (AvgIpc) is 3.61. The number of esters is 1. The van der Waals surface area contributed by atoms with Crippen LogP contribution in [0, 0.1) is 0 Å². The van der Waals surface area contributed by atoms with Gasteiger partial charge in [-0.25, -0.2) is 9.79 Å². The first-order chi connectivity index (χ1) is 23.8. The second-order valence-electron chi connectivity index (χ2n) is 11.8. The van der Waals surface area contributed by atoms with Gasteiger partial charge >= 0.3 is 5.97 Å². The zero-order chi connectivity index (χ0) is 34.2. The first-order valence-electron chi connectivity index (χ1n) is 16.1. The molecule has 1 aliphatic rings. The second kappa shape index (κ2) is 13.7. The number of nitrogens with zero attached hydrogens (tertiary/aromatic N) is 3. The number of aromatic nitrogens is 2. The van der Waals surface area contributed by atoms with Gasteiger partial charge in [-0.3, -0.25) is 9.36 Å². The Hall–Kier alpha value is -4.63. The van der Waals surface area contributed by atoms with Crippen molar-refractivity contribution in [3.63, 3.8) is 0 Å². The Morgan fingerprint density at radius 1 is 0.980 bits per heavy atom. The van der Waals surface area contributed by atoms with Gasteiger partial charge in [0, 0.05) is 34.8 Å². The number of methoxy groups -OCH3 is 1. The first kappa shape index (κ1) is 32.9. The molecule has 1 aliphatic heterocycles. The molecular weight excluding hydrogens is 677 g/mol. The fraction of sp³-hybridized carbons (Fsp3) is 0.205. The number of hydrogen-bond donors (Lipinski definition) is 0. The third-order valence-corrected chi connectivity index (χ3v) is 10.5. The number of carbonyl (C=O) groups is 1. The lowest BCUT2D eigenvalue weighted by atomic mass is 9.90. The summed E-state index contributed by atoms with van der Waals surface area (Å²) in [7, 11) is 1.60. The smallest absolute Gasteiger partial charge is 0.338 e. The van der Waals surface area contributed by atoms with Crippen molar-refractivity contribution in [2.24, 2.45) is 4.99 Å². The predicted octanol–water partition coefficient (Wildman–Crippen LogP) is 8.05. The van der Waals surface area contributed by atoms with Crippen molar-refractivity contribution in [3.8, 4) is 5.75 Å². The lowest BCUT2D eigenvalue weighted by Crippen LogP contribution is -2.40. The van der Waals surface area contributed by atoms with E-state index in [0.717, 1.165) is 44.8 Å². The van der Waals surface area contributed by atoms with Gasteiger partial charge in [0.2, 0.25) is 0 Å². The molecule has 0 aliphatic carbocycles. The number of halogens is 2. The summed E-state index contributed by atoms with van der Waals surface area (Å²) in [4.78, 5) is 34.0. The monoisotopic (exact) mass is 709 g/mol. The van der Waals surface area contributed by atoms with Crippen LogP contribution in [0.2, 0.25) is 10.0 Å². The van der Waals surface area contributed by atoms with Gasteiger partial charge in [-0.05, 0) is 60.0 Å². The minimum Gasteiger partial charge on any atom is -0.496 e. The maximum Gasteiger partial charge on any atom is 0.338 e. The Kier molecular flexibility index (Phi) is 9.20. The average molecular weight is 711 g/mol. The number of para-hydroxylation sites is 1. The van der Waals surface area contributed by atoms with Crippen molar-refractivity contribution in [2.45, 2.75) is 39.3 Å². The summed E-state index contributed by atoms with van der Waals surface area (Å²) in [6.07, 6.45) is 5.27. The summed E-state index contributed by atoms with van der Waals surface area (Å²) in [6.45, 7) is 4.58. The van der Waals surface area contributed by atoms with Crippen molar-refractivity contribution in [2.75, 3.05) is 13.7 Å². The second-order valence-corrected chi connectivity index (χ2v) is 13.6. The van der Waals surface area contributed by atoms with Crippen molar-refractivity contribution in [1.29, 1.82) is 0 Å². The molecule has 4 aromatic carbocycles. The molecule has 0 amide bonds. The maximum atomic E-state index is 14.7. The molecule has 7 nitrogen and oxygen atoms in total. The molecule has 7 rings (SSSR count). The van der Waals surface area contributed by atoms with Crippen LogP contribution in [0.25, 0.3) is 27.8 Å². The van der Waals surface area contributed by atoms with Gasteiger partial charge in [0.25, 0.3) is 5.56 Å². The van der Waals surface area contributed by atoms with Gasteiger partial charge < -0.3 is 14.0 Å². The Morgan fingerprint density at radius 3 is 2.51 bits per heavy atom. The highest BCUT2D eigenvalue weighted by Gasteiger charge is 2.37. The summed E-state index contributed by atoms with van der Waals surface area (Å²) >= 11 is 13.8. The van der Waals surface area contributed by atoms with Crippen molar-refractivity contribution >= 4 is 68.3 Å². The van der Waals surface area contributed by atoms with E-state index in [1.165, 1.54) is 11.3 Å². The molecule has 248 valence electrons. The van der Waals surface area contributed by atoms with E-state index < -0.39 is 12.0 Å². The van der Waals surface area contributed by atoms with E-state index in [2.05, 4.69) is 10.6 Å². The van der Waals surface area contributed by atoms with E-state index in [9.17, 15) is 9.59 Å². The van der Waals surface area contributed by atoms with Gasteiger partial charge in [-0.15, -0.1) is 0 Å². The lowest BCUT2D eigenvalue weighted by Gasteiger charge is -2.28. The zero-order valence-corrected chi connectivity index (χ0v) is 29.5. The number of allylic oxidation sites excluding steroid dienone is 1. The molecule has 0 N–H and O–H groups in total. The largest absolute Gasteiger partial charge is 0.496 e. The minimum atomic E-state index is -0.809. The van der Waals surface area contributed by atoms with Crippen LogP contribution in [0.4, 0.5) is 0 Å². The molecule has 0 radical (unpaired) electrons. The van der Waals surface area contributed by atoms with E-state index in [1.807, 2.05) is 85.9 Å². The van der Waals surface area contributed by atoms with Crippen LogP contribution in [0.15, 0.2) is 106 Å². The number of ether oxygens (including phenoxy) is 2. The molecule has 2 aromatic heterocycles. The van der Waals surface area contributed by atoms with Crippen molar-refractivity contribution < 1.29 is 14.3 Å². The standard InChI is InChI=1S/C39H33Cl2N3O4S/c1-4-10-30-35(38(46)48-5-2)36(34-27-13-7-6-11-24(27)16-18-32(34)47-3)44-37(45)33(49-39(44)42-30)20-25-22-43(31-14-9-8-12-26(25)31)21-23-15-17-28(40)29(41)19-23/h6-9,11-20,22,36H,4-5,10,21H2,1-3H3/b33-20+/t36-/m1/s1. The van der Waals surface area contributed by atoms with E-state index in [1.54, 1.807) is 24.7 Å². The van der Waals surface area contributed by atoms with Gasteiger partial charge in [-0.1, -0.05) is 102 Å². The molecule has 6 aromatic rings. The van der Waals surface area contributed by atoms with Gasteiger partial charge in [0.05, 0.1) is 39.6 Å². The molecule has 0 spiro atoms. The SMILES string of the molecule is CCCC1=C(C(=O)OCC)[C@@H](c2c(OC)ccc3ccccc23)n2c(s/c(=C/c3cn(Cc4ccc(Cl)c(Cl)c4)c4ccccc34)c2=O)=N1. The molecule has 10 heteroatoms. The third kappa shape index (κ3) is 5.98. The maximum absolute atomic E-state index is 14.7. The Bertz CT molecular complexity index is 2480. The molecular formula is C39H33Cl2N3O4S. The van der Waals surface area contributed by atoms with Gasteiger partial charge in [0.1, 0.15) is 11.8 Å². The molecule has 49 heavy (non-hydrogen) atoms. The highest BCUT2D eigenvalue weighted by Crippen LogP contribution is 2.41. The topological polar surface area (TPSA) is 74.8 Å². The molecule has 0 bridgehead atoms. The van der Waals surface area contributed by atoms with Gasteiger partial charge in [0.15, 0.2) is 4.80 Å². The van der Waals surface area contributed by atoms with Crippen LogP contribution in [-0.4, -0.2) is 28.8 Å². The van der Waals surface area contributed by atoms with Gasteiger partial charge in [-0.2, -0.15) is 0 Å². The number of fused-ring (bicyclic) bond motifs is 3. The number of carbonyl (C=O) groups excluding carboxylic acids is 1. The van der Waals surface area contributed by atoms with Crippen LogP contribution in [0.3, 0.4) is 0 Å². The number of hydrogen-bond acceptors (Lipinski definition) is 6. The Balaban J connectivity index is 1.47. The molecule has 0 unspecified atom stereocenters. The summed E-state index contributed by atoms with van der Waals surface area (Å²) in [6, 6.07) is 24.7. The zero-order valence-electron chi connectivity index (χ0n) is 27.2. The third-order valence-electron chi connectivity index (χ3n) is 8.76. The highest BCUT2D eigenvalue weighted by molar-refractivity contribution is 7.07. The molecule has 1 atom stereocenters. The highest BCUT2D eigenvalue weighted by atomic mass is 35.5. The number of thiazole rings is 1. The molecule has 0 saturated carbocycles. The normalized spacial score (nSPS) is 14.7. The minimum absolute atomic E-state index is 0.192. The fourth-order valence-electron chi connectivity index (χ4n) is 6.63. The van der Waals surface area contributed by atoms with Crippen molar-refractivity contribution in [1.82, 2.24) is 9.13 Å². The number of rotatable bonds is 9. The fourth-order valence-corrected chi connectivity index (χ4v) is 7.96. The van der Waals surface area contributed by atoms with E-state index in [-0.39, 0.29) is 12.2 Å². The Labute approximate surface area is 297 Å². The summed E-state index contributed by atoms with van der Waals surface area (Å²) in [5, 5.41) is 3.85. The quantitative estimate of drug-likeness (QED) is 0.142. The molecule has 0 saturated heterocycles. The van der Waals surface area contributed by atoms with E-state index in [0.29, 0.717) is 49.4 Å². The summed E-state index contributed by atoms with van der Waals surface area (Å²) in [5.41, 5.74) is 4.35. The predicted molar refractivity (Wildman–Crippen MR) is 198 cm³/mol. The lowest BCUT2D eigenvalue weighted by molar-refractivity contribution is -0.139. The van der Waals surface area contributed by atoms with Crippen LogP contribution >= 0.6 is 34.5 Å². The van der Waals surface area contributed by atoms with Crippen LogP contribution in [-0.2, 0) is 16.1 Å². The van der Waals surface area contributed by atoms with Crippen LogP contribution < -0.4 is 19.6 Å². The van der Waals surface area contributed by atoms with E-state index >= 15 is 0 Å². The first-order valence-corrected chi connectivity index (χ1v) is 17.7. The number of benzene rings is 4. The van der Waals surface area contributed by atoms with Crippen LogP contribution in [0.1, 0.15) is 49.4 Å². The van der Waals surface area contributed by atoms with Crippen molar-refractivity contribution in [3.05, 3.63) is 143 Å². The summed E-state index contributed by atoms with van der Waals surface area (Å²) in [5.74, 6) is 0.0811. The molecule has 0 fully saturated rings. The van der Waals surface area contributed by atoms with Crippen LogP contribution in [0.5, 0.6) is 5.75 Å².